The number of imidazole rings is 1. The first-order valence-electron chi connectivity index (χ1n) is 7.79. The molecule has 0 radical (unpaired) electrons. The molecule has 1 N–H and O–H groups in total. The smallest absolute Gasteiger partial charge is 0.0948 e. The van der Waals surface area contributed by atoms with Crippen LogP contribution in [-0.2, 0) is 22.6 Å². The average molecular weight is 281 g/mol. The first kappa shape index (κ1) is 15.5. The second-order valence-electron chi connectivity index (χ2n) is 5.32. The highest BCUT2D eigenvalue weighted by Crippen LogP contribution is 2.11. The van der Waals surface area contributed by atoms with Crippen molar-refractivity contribution in [2.24, 2.45) is 0 Å². The van der Waals surface area contributed by atoms with Crippen molar-refractivity contribution in [3.63, 3.8) is 0 Å². The SMILES string of the molecule is CCCn1cncc1CNCCCOCC1CCCO1. The molecule has 5 nitrogen and oxygen atoms in total. The zero-order chi connectivity index (χ0) is 14.0. The molecular formula is C15H27N3O2. The van der Waals surface area contributed by atoms with Crippen LogP contribution in [-0.4, -0.2) is 42.0 Å². The van der Waals surface area contributed by atoms with E-state index in [4.69, 9.17) is 9.47 Å². The zero-order valence-electron chi connectivity index (χ0n) is 12.5. The van der Waals surface area contributed by atoms with Gasteiger partial charge in [-0.15, -0.1) is 0 Å². The van der Waals surface area contributed by atoms with Gasteiger partial charge >= 0.3 is 0 Å². The van der Waals surface area contributed by atoms with Gasteiger partial charge in [0.1, 0.15) is 0 Å². The summed E-state index contributed by atoms with van der Waals surface area (Å²) in [5.41, 5.74) is 1.26. The molecule has 1 fully saturated rings. The van der Waals surface area contributed by atoms with Crippen LogP contribution in [0.2, 0.25) is 0 Å². The summed E-state index contributed by atoms with van der Waals surface area (Å²) in [7, 11) is 0. The number of hydrogen-bond donors (Lipinski definition) is 1. The van der Waals surface area contributed by atoms with E-state index in [-0.39, 0.29) is 0 Å². The van der Waals surface area contributed by atoms with E-state index in [1.54, 1.807) is 0 Å². The van der Waals surface area contributed by atoms with Crippen LogP contribution in [0, 0.1) is 0 Å². The van der Waals surface area contributed by atoms with Gasteiger partial charge in [-0.1, -0.05) is 6.92 Å². The maximum atomic E-state index is 5.63. The number of nitrogens with zero attached hydrogens (tertiary/aromatic N) is 2. The number of hydrogen-bond acceptors (Lipinski definition) is 4. The summed E-state index contributed by atoms with van der Waals surface area (Å²) in [5.74, 6) is 0. The Kier molecular flexibility index (Phi) is 7.05. The van der Waals surface area contributed by atoms with Crippen LogP contribution in [0.25, 0.3) is 0 Å². The molecule has 0 spiro atoms. The lowest BCUT2D eigenvalue weighted by Crippen LogP contribution is -2.20. The van der Waals surface area contributed by atoms with Crippen molar-refractivity contribution in [2.75, 3.05) is 26.4 Å². The zero-order valence-corrected chi connectivity index (χ0v) is 12.5. The molecule has 1 aliphatic rings. The van der Waals surface area contributed by atoms with Crippen molar-refractivity contribution in [2.45, 2.75) is 51.8 Å². The Balaban J connectivity index is 1.47. The first-order valence-corrected chi connectivity index (χ1v) is 7.79. The van der Waals surface area contributed by atoms with Gasteiger partial charge in [0.15, 0.2) is 0 Å². The topological polar surface area (TPSA) is 48.3 Å². The van der Waals surface area contributed by atoms with Crippen molar-refractivity contribution in [1.29, 1.82) is 0 Å². The lowest BCUT2D eigenvalue weighted by atomic mass is 10.2. The highest BCUT2D eigenvalue weighted by molar-refractivity contribution is 4.97. The first-order chi connectivity index (χ1) is 9.90. The van der Waals surface area contributed by atoms with Crippen molar-refractivity contribution in [3.8, 4) is 0 Å². The molecule has 114 valence electrons. The van der Waals surface area contributed by atoms with Gasteiger partial charge in [0.2, 0.25) is 0 Å². The number of nitrogens with one attached hydrogen (secondary N) is 1. The van der Waals surface area contributed by atoms with E-state index in [2.05, 4.69) is 21.8 Å². The summed E-state index contributed by atoms with van der Waals surface area (Å²) in [5, 5.41) is 3.44. The standard InChI is InChI=1S/C15H27N3O2/c1-2-7-18-13-17-11-14(18)10-16-6-4-8-19-12-15-5-3-9-20-15/h11,13,15-16H,2-10,12H2,1H3. The van der Waals surface area contributed by atoms with Crippen LogP contribution in [0.1, 0.15) is 38.3 Å². The summed E-state index contributed by atoms with van der Waals surface area (Å²) in [4.78, 5) is 4.20. The van der Waals surface area contributed by atoms with Gasteiger partial charge in [-0.3, -0.25) is 0 Å². The summed E-state index contributed by atoms with van der Waals surface area (Å²) in [6.07, 6.45) is 8.70. The summed E-state index contributed by atoms with van der Waals surface area (Å²) in [6, 6.07) is 0. The van der Waals surface area contributed by atoms with Crippen LogP contribution >= 0.6 is 0 Å². The predicted molar refractivity (Wildman–Crippen MR) is 78.6 cm³/mol. The fourth-order valence-corrected chi connectivity index (χ4v) is 2.44. The molecule has 1 aromatic rings. The van der Waals surface area contributed by atoms with Crippen LogP contribution in [0.5, 0.6) is 0 Å². The molecule has 2 heterocycles. The van der Waals surface area contributed by atoms with Gasteiger partial charge in [-0.25, -0.2) is 4.98 Å². The lowest BCUT2D eigenvalue weighted by Gasteiger charge is -2.10. The minimum absolute atomic E-state index is 0.339. The van der Waals surface area contributed by atoms with E-state index in [0.29, 0.717) is 6.10 Å². The second kappa shape index (κ2) is 9.10. The van der Waals surface area contributed by atoms with Gasteiger partial charge in [-0.2, -0.15) is 0 Å². The maximum Gasteiger partial charge on any atom is 0.0948 e. The molecule has 1 aliphatic heterocycles. The Morgan fingerprint density at radius 1 is 1.55 bits per heavy atom. The average Bonchev–Trinajstić information content (AvgIpc) is 3.10. The third kappa shape index (κ3) is 5.23. The third-order valence-electron chi connectivity index (χ3n) is 3.54. The van der Waals surface area contributed by atoms with E-state index < -0.39 is 0 Å². The number of rotatable bonds is 10. The Hall–Kier alpha value is -0.910. The van der Waals surface area contributed by atoms with Crippen molar-refractivity contribution in [1.82, 2.24) is 14.9 Å². The highest BCUT2D eigenvalue weighted by Gasteiger charge is 2.14. The fourth-order valence-electron chi connectivity index (χ4n) is 2.44. The largest absolute Gasteiger partial charge is 0.379 e. The third-order valence-corrected chi connectivity index (χ3v) is 3.54. The molecule has 20 heavy (non-hydrogen) atoms. The van der Waals surface area contributed by atoms with Gasteiger partial charge in [0.05, 0.1) is 24.7 Å². The molecule has 0 amide bonds. The molecule has 1 aromatic heterocycles. The van der Waals surface area contributed by atoms with E-state index in [1.165, 1.54) is 12.1 Å². The molecule has 1 atom stereocenters. The van der Waals surface area contributed by atoms with Crippen molar-refractivity contribution in [3.05, 3.63) is 18.2 Å². The van der Waals surface area contributed by atoms with E-state index in [0.717, 1.165) is 58.7 Å². The highest BCUT2D eigenvalue weighted by atomic mass is 16.5. The molecule has 0 bridgehead atoms. The monoisotopic (exact) mass is 281 g/mol. The molecule has 5 heteroatoms. The number of aryl methyl sites for hydroxylation is 1. The molecule has 0 aliphatic carbocycles. The second-order valence-corrected chi connectivity index (χ2v) is 5.32. The summed E-state index contributed by atoms with van der Waals surface area (Å²) >= 11 is 0. The van der Waals surface area contributed by atoms with Crippen LogP contribution in [0.3, 0.4) is 0 Å². The molecular weight excluding hydrogens is 254 g/mol. The molecule has 0 saturated carbocycles. The number of ether oxygens (including phenoxy) is 2. The van der Waals surface area contributed by atoms with Gasteiger partial charge in [-0.05, 0) is 32.2 Å². The molecule has 1 saturated heterocycles. The lowest BCUT2D eigenvalue weighted by molar-refractivity contribution is 0.0166. The van der Waals surface area contributed by atoms with Gasteiger partial charge in [0.25, 0.3) is 0 Å². The Labute approximate surface area is 121 Å². The van der Waals surface area contributed by atoms with Crippen LogP contribution < -0.4 is 5.32 Å². The summed E-state index contributed by atoms with van der Waals surface area (Å²) in [6.45, 7) is 7.55. The minimum atomic E-state index is 0.339. The van der Waals surface area contributed by atoms with Gasteiger partial charge < -0.3 is 19.4 Å². The predicted octanol–water partition coefficient (Wildman–Crippen LogP) is 1.97. The Bertz CT molecular complexity index is 362. The van der Waals surface area contributed by atoms with Crippen molar-refractivity contribution < 1.29 is 9.47 Å². The minimum Gasteiger partial charge on any atom is -0.379 e. The molecule has 0 aromatic carbocycles. The summed E-state index contributed by atoms with van der Waals surface area (Å²) < 4.78 is 13.4. The molecule has 1 unspecified atom stereocenters. The van der Waals surface area contributed by atoms with Gasteiger partial charge in [0, 0.05) is 32.5 Å². The van der Waals surface area contributed by atoms with Crippen molar-refractivity contribution >= 4 is 0 Å². The molecule has 2 rings (SSSR count). The maximum absolute atomic E-state index is 5.63. The van der Waals surface area contributed by atoms with E-state index in [1.807, 2.05) is 12.5 Å². The Morgan fingerprint density at radius 3 is 3.30 bits per heavy atom. The van der Waals surface area contributed by atoms with Crippen LogP contribution in [0.15, 0.2) is 12.5 Å². The quantitative estimate of drug-likeness (QED) is 0.666. The van der Waals surface area contributed by atoms with E-state index >= 15 is 0 Å². The normalized spacial score (nSPS) is 18.8. The van der Waals surface area contributed by atoms with Crippen LogP contribution in [0.4, 0.5) is 0 Å². The van der Waals surface area contributed by atoms with E-state index in [9.17, 15) is 0 Å². The Morgan fingerprint density at radius 2 is 2.50 bits per heavy atom. The fraction of sp³-hybridized carbons (Fsp3) is 0.800. The number of aromatic nitrogens is 2.